The molecule has 1 fully saturated rings. The van der Waals surface area contributed by atoms with Crippen molar-refractivity contribution in [1.29, 1.82) is 0 Å². The molecule has 2 nitrogen and oxygen atoms in total. The lowest BCUT2D eigenvalue weighted by Crippen LogP contribution is -2.15. The van der Waals surface area contributed by atoms with Gasteiger partial charge in [0.1, 0.15) is 0 Å². The number of hydrogen-bond donors (Lipinski definition) is 1. The van der Waals surface area contributed by atoms with Crippen LogP contribution in [0, 0.1) is 5.92 Å². The molecule has 0 saturated heterocycles. The molecule has 2 atom stereocenters. The van der Waals surface area contributed by atoms with E-state index in [0.29, 0.717) is 5.41 Å². The zero-order chi connectivity index (χ0) is 8.60. The molecule has 0 bridgehead atoms. The average molecular weight is 165 g/mol. The van der Waals surface area contributed by atoms with E-state index >= 15 is 0 Å². The summed E-state index contributed by atoms with van der Waals surface area (Å²) in [6.45, 7) is 3.42. The first-order valence-electron chi connectivity index (χ1n) is 4.44. The van der Waals surface area contributed by atoms with E-state index in [1.807, 2.05) is 13.3 Å². The van der Waals surface area contributed by atoms with Crippen molar-refractivity contribution in [3.8, 4) is 0 Å². The van der Waals surface area contributed by atoms with Gasteiger partial charge in [-0.1, -0.05) is 6.92 Å². The van der Waals surface area contributed by atoms with Crippen LogP contribution in [0.4, 0.5) is 0 Å². The Hall–Kier alpha value is -0.760. The molecule has 12 heavy (non-hydrogen) atoms. The van der Waals surface area contributed by atoms with Gasteiger partial charge in [0.2, 0.25) is 0 Å². The van der Waals surface area contributed by atoms with Crippen LogP contribution in [0.25, 0.3) is 0 Å². The summed E-state index contributed by atoms with van der Waals surface area (Å²) in [4.78, 5) is 0. The average Bonchev–Trinajstić information content (AvgIpc) is 2.57. The molecule has 66 valence electrons. The van der Waals surface area contributed by atoms with Crippen molar-refractivity contribution in [2.75, 3.05) is 13.6 Å². The summed E-state index contributed by atoms with van der Waals surface area (Å²) in [6.07, 6.45) is 4.92. The summed E-state index contributed by atoms with van der Waals surface area (Å²) in [6, 6.07) is 2.08. The molecule has 1 aliphatic carbocycles. The van der Waals surface area contributed by atoms with Gasteiger partial charge in [-0.25, -0.2) is 0 Å². The highest BCUT2D eigenvalue weighted by Crippen LogP contribution is 2.53. The van der Waals surface area contributed by atoms with E-state index < -0.39 is 0 Å². The number of nitrogens with one attached hydrogen (secondary N) is 1. The first kappa shape index (κ1) is 7.87. The highest BCUT2D eigenvalue weighted by atomic mass is 16.3. The smallest absolute Gasteiger partial charge is 0.0940 e. The van der Waals surface area contributed by atoms with Gasteiger partial charge in [-0.3, -0.25) is 0 Å². The van der Waals surface area contributed by atoms with Crippen molar-refractivity contribution in [2.45, 2.75) is 18.8 Å². The van der Waals surface area contributed by atoms with Crippen LogP contribution in [0.5, 0.6) is 0 Å². The Morgan fingerprint density at radius 2 is 2.58 bits per heavy atom. The molecule has 1 N–H and O–H groups in total. The normalized spacial score (nSPS) is 33.7. The highest BCUT2D eigenvalue weighted by Gasteiger charge is 2.50. The van der Waals surface area contributed by atoms with Gasteiger partial charge in [0, 0.05) is 5.41 Å². The Morgan fingerprint density at radius 1 is 1.75 bits per heavy atom. The minimum Gasteiger partial charge on any atom is -0.472 e. The third kappa shape index (κ3) is 1.07. The topological polar surface area (TPSA) is 25.2 Å². The predicted molar refractivity (Wildman–Crippen MR) is 48.1 cm³/mol. The van der Waals surface area contributed by atoms with E-state index in [0.717, 1.165) is 12.5 Å². The molecule has 1 aromatic rings. The van der Waals surface area contributed by atoms with Crippen LogP contribution in [0.15, 0.2) is 23.0 Å². The van der Waals surface area contributed by atoms with Crippen LogP contribution in [0.2, 0.25) is 0 Å². The summed E-state index contributed by atoms with van der Waals surface area (Å²) < 4.78 is 5.09. The summed E-state index contributed by atoms with van der Waals surface area (Å²) in [5, 5.41) is 3.22. The maximum atomic E-state index is 5.09. The molecule has 0 spiro atoms. The highest BCUT2D eigenvalue weighted by molar-refractivity contribution is 5.29. The van der Waals surface area contributed by atoms with Crippen molar-refractivity contribution in [3.63, 3.8) is 0 Å². The van der Waals surface area contributed by atoms with Crippen molar-refractivity contribution in [2.24, 2.45) is 5.92 Å². The monoisotopic (exact) mass is 165 g/mol. The molecule has 0 amide bonds. The number of hydrogen-bond acceptors (Lipinski definition) is 2. The van der Waals surface area contributed by atoms with Crippen LogP contribution in [0.1, 0.15) is 18.9 Å². The fourth-order valence-corrected chi connectivity index (χ4v) is 1.94. The minimum atomic E-state index is 0.385. The molecular formula is C10H15NO. The van der Waals surface area contributed by atoms with Gasteiger partial charge in [-0.15, -0.1) is 0 Å². The Balaban J connectivity index is 2.07. The molecule has 0 aromatic carbocycles. The van der Waals surface area contributed by atoms with E-state index in [-0.39, 0.29) is 0 Å². The van der Waals surface area contributed by atoms with Crippen LogP contribution in [0.3, 0.4) is 0 Å². The third-order valence-electron chi connectivity index (χ3n) is 3.04. The third-order valence-corrected chi connectivity index (χ3v) is 3.04. The Bertz CT molecular complexity index is 255. The quantitative estimate of drug-likeness (QED) is 0.738. The van der Waals surface area contributed by atoms with Gasteiger partial charge in [0.15, 0.2) is 0 Å². The number of furan rings is 1. The summed E-state index contributed by atoms with van der Waals surface area (Å²) in [7, 11) is 2.01. The standard InChI is InChI=1S/C10H15NO/c1-10(5-9(10)6-11-2)8-3-4-12-7-8/h3-4,7,9,11H,5-6H2,1-2H3. The first-order chi connectivity index (χ1) is 5.77. The molecule has 2 heteroatoms. The molecule has 0 radical (unpaired) electrons. The molecule has 1 aromatic heterocycles. The molecule has 2 unspecified atom stereocenters. The molecule has 1 aliphatic rings. The van der Waals surface area contributed by atoms with Gasteiger partial charge in [-0.05, 0) is 37.6 Å². The summed E-state index contributed by atoms with van der Waals surface area (Å²) in [5.41, 5.74) is 1.73. The van der Waals surface area contributed by atoms with Gasteiger partial charge in [0.25, 0.3) is 0 Å². The fourth-order valence-electron chi connectivity index (χ4n) is 1.94. The molecular weight excluding hydrogens is 150 g/mol. The summed E-state index contributed by atoms with van der Waals surface area (Å²) >= 11 is 0. The second-order valence-electron chi connectivity index (χ2n) is 3.89. The molecule has 1 heterocycles. The Kier molecular flexibility index (Phi) is 1.72. The van der Waals surface area contributed by atoms with Crippen molar-refractivity contribution < 1.29 is 4.42 Å². The zero-order valence-corrected chi connectivity index (χ0v) is 7.63. The molecule has 2 rings (SSSR count). The summed E-state index contributed by atoms with van der Waals surface area (Å²) in [5.74, 6) is 0.792. The van der Waals surface area contributed by atoms with Crippen molar-refractivity contribution in [3.05, 3.63) is 24.2 Å². The van der Waals surface area contributed by atoms with Crippen LogP contribution in [-0.4, -0.2) is 13.6 Å². The molecule has 1 saturated carbocycles. The Morgan fingerprint density at radius 3 is 3.17 bits per heavy atom. The second-order valence-corrected chi connectivity index (χ2v) is 3.89. The van der Waals surface area contributed by atoms with Crippen LogP contribution < -0.4 is 5.32 Å². The van der Waals surface area contributed by atoms with Crippen molar-refractivity contribution >= 4 is 0 Å². The fraction of sp³-hybridized carbons (Fsp3) is 0.600. The first-order valence-corrected chi connectivity index (χ1v) is 4.44. The van der Waals surface area contributed by atoms with Gasteiger partial charge < -0.3 is 9.73 Å². The van der Waals surface area contributed by atoms with E-state index in [2.05, 4.69) is 18.3 Å². The Labute approximate surface area is 73.0 Å². The zero-order valence-electron chi connectivity index (χ0n) is 7.63. The maximum Gasteiger partial charge on any atom is 0.0940 e. The van der Waals surface area contributed by atoms with Gasteiger partial charge in [0.05, 0.1) is 12.5 Å². The second kappa shape index (κ2) is 2.63. The van der Waals surface area contributed by atoms with Crippen LogP contribution >= 0.6 is 0 Å². The van der Waals surface area contributed by atoms with Crippen molar-refractivity contribution in [1.82, 2.24) is 5.32 Å². The maximum absolute atomic E-state index is 5.09. The predicted octanol–water partition coefficient (Wildman–Crippen LogP) is 1.78. The van der Waals surface area contributed by atoms with Crippen LogP contribution in [-0.2, 0) is 5.41 Å². The SMILES string of the molecule is CNCC1CC1(C)c1ccoc1. The minimum absolute atomic E-state index is 0.385. The largest absolute Gasteiger partial charge is 0.472 e. The van der Waals surface area contributed by atoms with E-state index in [4.69, 9.17) is 4.42 Å². The van der Waals surface area contributed by atoms with E-state index in [1.54, 1.807) is 6.26 Å². The van der Waals surface area contributed by atoms with E-state index in [1.165, 1.54) is 12.0 Å². The lowest BCUT2D eigenvalue weighted by atomic mass is 9.99. The lowest BCUT2D eigenvalue weighted by Gasteiger charge is -2.07. The van der Waals surface area contributed by atoms with E-state index in [9.17, 15) is 0 Å². The van der Waals surface area contributed by atoms with Gasteiger partial charge >= 0.3 is 0 Å². The molecule has 0 aliphatic heterocycles. The van der Waals surface area contributed by atoms with Gasteiger partial charge in [-0.2, -0.15) is 0 Å². The number of rotatable bonds is 3. The lowest BCUT2D eigenvalue weighted by molar-refractivity contribution is 0.551.